The lowest BCUT2D eigenvalue weighted by atomic mass is 10.0. The standard InChI is InChI=1S/C16H25NO/c1-12-7-8-15(13(2)9-12)16(17)11-18-10-14-5-3-4-6-14/h7-9,14,16H,3-6,10-11,17H2,1-2H3. The van der Waals surface area contributed by atoms with Crippen LogP contribution in [0.3, 0.4) is 0 Å². The Kier molecular flexibility index (Phi) is 4.79. The molecule has 100 valence electrons. The van der Waals surface area contributed by atoms with Gasteiger partial charge in [0.25, 0.3) is 0 Å². The number of hydrogen-bond donors (Lipinski definition) is 1. The van der Waals surface area contributed by atoms with Crippen molar-refractivity contribution in [3.05, 3.63) is 34.9 Å². The van der Waals surface area contributed by atoms with Crippen molar-refractivity contribution in [1.29, 1.82) is 0 Å². The third-order valence-electron chi connectivity index (χ3n) is 3.95. The molecule has 0 aromatic heterocycles. The van der Waals surface area contributed by atoms with Crippen molar-refractivity contribution in [2.24, 2.45) is 11.7 Å². The smallest absolute Gasteiger partial charge is 0.0659 e. The average Bonchev–Trinajstić information content (AvgIpc) is 2.81. The summed E-state index contributed by atoms with van der Waals surface area (Å²) in [6.07, 6.45) is 5.41. The van der Waals surface area contributed by atoms with Crippen LogP contribution in [0.4, 0.5) is 0 Å². The predicted octanol–water partition coefficient (Wildman–Crippen LogP) is 3.51. The number of hydrogen-bond acceptors (Lipinski definition) is 2. The van der Waals surface area contributed by atoms with Gasteiger partial charge in [-0.2, -0.15) is 0 Å². The van der Waals surface area contributed by atoms with E-state index in [1.807, 2.05) is 0 Å². The lowest BCUT2D eigenvalue weighted by Crippen LogP contribution is -2.20. The second-order valence-electron chi connectivity index (χ2n) is 5.65. The molecule has 1 saturated carbocycles. The first-order valence-corrected chi connectivity index (χ1v) is 7.07. The summed E-state index contributed by atoms with van der Waals surface area (Å²) in [6.45, 7) is 5.76. The van der Waals surface area contributed by atoms with Gasteiger partial charge < -0.3 is 10.5 Å². The van der Waals surface area contributed by atoms with E-state index < -0.39 is 0 Å². The molecule has 0 saturated heterocycles. The predicted molar refractivity (Wildman–Crippen MR) is 75.6 cm³/mol. The molecule has 2 nitrogen and oxygen atoms in total. The Morgan fingerprint density at radius 2 is 2.00 bits per heavy atom. The number of ether oxygens (including phenoxy) is 1. The van der Waals surface area contributed by atoms with Gasteiger partial charge in [0.05, 0.1) is 12.6 Å². The molecule has 2 heteroatoms. The Bertz CT molecular complexity index is 383. The first kappa shape index (κ1) is 13.6. The highest BCUT2D eigenvalue weighted by molar-refractivity contribution is 5.32. The minimum absolute atomic E-state index is 0.00648. The van der Waals surface area contributed by atoms with Crippen molar-refractivity contribution in [1.82, 2.24) is 0 Å². The Morgan fingerprint density at radius 3 is 2.67 bits per heavy atom. The van der Waals surface area contributed by atoms with Crippen molar-refractivity contribution in [2.75, 3.05) is 13.2 Å². The Morgan fingerprint density at radius 1 is 1.28 bits per heavy atom. The zero-order valence-corrected chi connectivity index (χ0v) is 11.6. The molecular formula is C16H25NO. The van der Waals surface area contributed by atoms with Crippen LogP contribution in [0.15, 0.2) is 18.2 Å². The molecule has 1 unspecified atom stereocenters. The van der Waals surface area contributed by atoms with E-state index in [-0.39, 0.29) is 6.04 Å². The van der Waals surface area contributed by atoms with E-state index in [1.165, 1.54) is 42.4 Å². The Balaban J connectivity index is 1.81. The molecule has 1 aromatic rings. The summed E-state index contributed by atoms with van der Waals surface area (Å²) in [6, 6.07) is 6.45. The average molecular weight is 247 g/mol. The molecule has 1 aromatic carbocycles. The summed E-state index contributed by atoms with van der Waals surface area (Å²) < 4.78 is 5.79. The summed E-state index contributed by atoms with van der Waals surface area (Å²) in [7, 11) is 0. The van der Waals surface area contributed by atoms with Crippen LogP contribution in [0.2, 0.25) is 0 Å². The van der Waals surface area contributed by atoms with Gasteiger partial charge in [0.15, 0.2) is 0 Å². The number of rotatable bonds is 5. The summed E-state index contributed by atoms with van der Waals surface area (Å²) in [5.41, 5.74) is 9.98. The zero-order chi connectivity index (χ0) is 13.0. The van der Waals surface area contributed by atoms with Crippen LogP contribution in [-0.4, -0.2) is 13.2 Å². The highest BCUT2D eigenvalue weighted by atomic mass is 16.5. The number of nitrogens with two attached hydrogens (primary N) is 1. The summed E-state index contributed by atoms with van der Waals surface area (Å²) in [5.74, 6) is 0.774. The van der Waals surface area contributed by atoms with Gasteiger partial charge in [-0.15, -0.1) is 0 Å². The van der Waals surface area contributed by atoms with E-state index in [0.29, 0.717) is 6.61 Å². The van der Waals surface area contributed by atoms with Gasteiger partial charge in [-0.3, -0.25) is 0 Å². The topological polar surface area (TPSA) is 35.2 Å². The van der Waals surface area contributed by atoms with Crippen LogP contribution in [-0.2, 0) is 4.74 Å². The zero-order valence-electron chi connectivity index (χ0n) is 11.6. The molecule has 0 bridgehead atoms. The van der Waals surface area contributed by atoms with Gasteiger partial charge in [0, 0.05) is 6.61 Å². The summed E-state index contributed by atoms with van der Waals surface area (Å²) >= 11 is 0. The minimum atomic E-state index is 0.00648. The second kappa shape index (κ2) is 6.35. The van der Waals surface area contributed by atoms with Gasteiger partial charge in [-0.1, -0.05) is 36.6 Å². The Labute approximate surface area is 111 Å². The quantitative estimate of drug-likeness (QED) is 0.864. The fraction of sp³-hybridized carbons (Fsp3) is 0.625. The highest BCUT2D eigenvalue weighted by Gasteiger charge is 2.16. The maximum atomic E-state index is 6.21. The van der Waals surface area contributed by atoms with Crippen molar-refractivity contribution < 1.29 is 4.74 Å². The molecule has 0 radical (unpaired) electrons. The van der Waals surface area contributed by atoms with E-state index in [4.69, 9.17) is 10.5 Å². The number of aryl methyl sites for hydroxylation is 2. The molecule has 2 rings (SSSR count). The lowest BCUT2D eigenvalue weighted by molar-refractivity contribution is 0.0903. The van der Waals surface area contributed by atoms with E-state index >= 15 is 0 Å². The van der Waals surface area contributed by atoms with Crippen LogP contribution in [0.5, 0.6) is 0 Å². The van der Waals surface area contributed by atoms with Crippen LogP contribution in [0.1, 0.15) is 48.4 Å². The maximum absolute atomic E-state index is 6.21. The van der Waals surface area contributed by atoms with E-state index in [1.54, 1.807) is 0 Å². The van der Waals surface area contributed by atoms with Crippen LogP contribution >= 0.6 is 0 Å². The van der Waals surface area contributed by atoms with E-state index in [2.05, 4.69) is 32.0 Å². The van der Waals surface area contributed by atoms with Crippen molar-refractivity contribution >= 4 is 0 Å². The van der Waals surface area contributed by atoms with E-state index in [9.17, 15) is 0 Å². The molecule has 1 fully saturated rings. The molecule has 18 heavy (non-hydrogen) atoms. The third-order valence-corrected chi connectivity index (χ3v) is 3.95. The van der Waals surface area contributed by atoms with Crippen LogP contribution in [0.25, 0.3) is 0 Å². The fourth-order valence-electron chi connectivity index (χ4n) is 2.87. The molecule has 1 atom stereocenters. The van der Waals surface area contributed by atoms with Crippen LogP contribution in [0, 0.1) is 19.8 Å². The molecule has 1 aliphatic carbocycles. The van der Waals surface area contributed by atoms with Crippen molar-refractivity contribution in [3.8, 4) is 0 Å². The lowest BCUT2D eigenvalue weighted by Gasteiger charge is -2.17. The SMILES string of the molecule is Cc1ccc(C(N)COCC2CCCC2)c(C)c1. The minimum Gasteiger partial charge on any atom is -0.379 e. The first-order chi connectivity index (χ1) is 8.66. The third kappa shape index (κ3) is 3.56. The Hall–Kier alpha value is -0.860. The van der Waals surface area contributed by atoms with Crippen LogP contribution < -0.4 is 5.73 Å². The fourth-order valence-corrected chi connectivity index (χ4v) is 2.87. The molecule has 2 N–H and O–H groups in total. The van der Waals surface area contributed by atoms with Gasteiger partial charge in [-0.25, -0.2) is 0 Å². The summed E-state index contributed by atoms with van der Waals surface area (Å²) in [4.78, 5) is 0. The van der Waals surface area contributed by atoms with Crippen molar-refractivity contribution in [2.45, 2.75) is 45.6 Å². The van der Waals surface area contributed by atoms with Gasteiger partial charge in [0.2, 0.25) is 0 Å². The van der Waals surface area contributed by atoms with E-state index in [0.717, 1.165) is 12.5 Å². The normalized spacial score (nSPS) is 18.2. The van der Waals surface area contributed by atoms with Gasteiger partial charge in [-0.05, 0) is 43.7 Å². The maximum Gasteiger partial charge on any atom is 0.0659 e. The first-order valence-electron chi connectivity index (χ1n) is 7.07. The highest BCUT2D eigenvalue weighted by Crippen LogP contribution is 2.25. The second-order valence-corrected chi connectivity index (χ2v) is 5.65. The molecular weight excluding hydrogens is 222 g/mol. The monoisotopic (exact) mass is 247 g/mol. The molecule has 1 aliphatic rings. The summed E-state index contributed by atoms with van der Waals surface area (Å²) in [5, 5.41) is 0. The molecule has 0 heterocycles. The van der Waals surface area contributed by atoms with Crippen molar-refractivity contribution in [3.63, 3.8) is 0 Å². The molecule has 0 aliphatic heterocycles. The largest absolute Gasteiger partial charge is 0.379 e. The van der Waals surface area contributed by atoms with Gasteiger partial charge in [0.1, 0.15) is 0 Å². The molecule has 0 spiro atoms. The number of benzene rings is 1. The van der Waals surface area contributed by atoms with Gasteiger partial charge >= 0.3 is 0 Å². The molecule has 0 amide bonds.